The molecule has 2 rings (SSSR count). The van der Waals surface area contributed by atoms with E-state index in [9.17, 15) is 14.7 Å². The average Bonchev–Trinajstić information content (AvgIpc) is 2.89. The number of hydrogen-bond donors (Lipinski definition) is 3. The van der Waals surface area contributed by atoms with Crippen LogP contribution in [0.25, 0.3) is 0 Å². The Hall–Kier alpha value is -1.13. The van der Waals surface area contributed by atoms with Gasteiger partial charge >= 0.3 is 5.69 Å². The number of H-pyrrole nitrogens is 1. The van der Waals surface area contributed by atoms with E-state index >= 15 is 0 Å². The Morgan fingerprint density at radius 2 is 2.12 bits per heavy atom. The van der Waals surface area contributed by atoms with Gasteiger partial charge in [-0.25, -0.2) is 4.79 Å². The van der Waals surface area contributed by atoms with Crippen molar-refractivity contribution in [2.45, 2.75) is 31.5 Å². The van der Waals surface area contributed by atoms with Gasteiger partial charge in [-0.2, -0.15) is 0 Å². The molecule has 0 amide bonds. The monoisotopic (exact) mass is 364 g/mol. The minimum absolute atomic E-state index is 0.199. The molecule has 1 aliphatic heterocycles. The molecule has 136 valence electrons. The number of nitrogens with zero attached hydrogens (tertiary/aromatic N) is 1. The Bertz CT molecular complexity index is 648. The van der Waals surface area contributed by atoms with E-state index in [1.54, 1.807) is 6.92 Å². The molecule has 3 unspecified atom stereocenters. The summed E-state index contributed by atoms with van der Waals surface area (Å²) in [6.45, 7) is 1.68. The summed E-state index contributed by atoms with van der Waals surface area (Å²) in [6, 6.07) is 0. The normalized spacial score (nSPS) is 27.3. The number of ether oxygens (including phenoxy) is 3. The highest BCUT2D eigenvalue weighted by Crippen LogP contribution is 2.35. The molecule has 3 N–H and O–H groups in total. The number of hydrogen-bond acceptors (Lipinski definition) is 8. The summed E-state index contributed by atoms with van der Waals surface area (Å²) in [6.07, 6.45) is -1.92. The molecule has 1 fully saturated rings. The number of aryl methyl sites for hydroxylation is 1. The van der Waals surface area contributed by atoms with Crippen LogP contribution in [0.5, 0.6) is 0 Å². The standard InChI is InChI=1S/C13H21N2O8P/c1-7-5-15(13(18)14-11(7)17)12-10(21-4-3-20-2)9(23-24-19)8(6-16)22-12/h5,8-10,12,16,19,24H,3-4,6H2,1-2H3,(H,14,17,18)/t8-,9?,10?,12-/m1/s1. The lowest BCUT2D eigenvalue weighted by atomic mass is 10.1. The lowest BCUT2D eigenvalue weighted by Gasteiger charge is -2.24. The third-order valence-electron chi connectivity index (χ3n) is 3.67. The summed E-state index contributed by atoms with van der Waals surface area (Å²) in [5.41, 5.74) is -0.836. The van der Waals surface area contributed by atoms with Gasteiger partial charge in [-0.1, -0.05) is 0 Å². The topological polar surface area (TPSA) is 132 Å². The minimum atomic E-state index is -0.927. The van der Waals surface area contributed by atoms with E-state index in [4.69, 9.17) is 23.6 Å². The summed E-state index contributed by atoms with van der Waals surface area (Å²) < 4.78 is 22.7. The molecule has 1 saturated heterocycles. The molecule has 10 nitrogen and oxygen atoms in total. The van der Waals surface area contributed by atoms with Gasteiger partial charge in [0.2, 0.25) is 0 Å². The predicted octanol–water partition coefficient (Wildman–Crippen LogP) is -1.35. The Morgan fingerprint density at radius 3 is 2.75 bits per heavy atom. The first-order valence-corrected chi connectivity index (χ1v) is 8.12. The van der Waals surface area contributed by atoms with Gasteiger partial charge in [0, 0.05) is 18.9 Å². The molecule has 24 heavy (non-hydrogen) atoms. The molecular formula is C13H21N2O8P. The molecule has 11 heteroatoms. The Morgan fingerprint density at radius 1 is 1.38 bits per heavy atom. The van der Waals surface area contributed by atoms with Gasteiger partial charge in [0.25, 0.3) is 5.56 Å². The molecule has 1 aromatic rings. The highest BCUT2D eigenvalue weighted by atomic mass is 31.1. The summed E-state index contributed by atoms with van der Waals surface area (Å²) in [4.78, 5) is 34.9. The van der Waals surface area contributed by atoms with Crippen LogP contribution < -0.4 is 11.2 Å². The van der Waals surface area contributed by atoms with Gasteiger partial charge in [0.15, 0.2) is 15.3 Å². The molecule has 1 aliphatic rings. The summed E-state index contributed by atoms with van der Waals surface area (Å²) in [7, 11) is 0.680. The van der Waals surface area contributed by atoms with Crippen LogP contribution in [0.2, 0.25) is 0 Å². The predicted molar refractivity (Wildman–Crippen MR) is 84.1 cm³/mol. The quantitative estimate of drug-likeness (QED) is 0.381. The molecule has 0 radical (unpaired) electrons. The van der Waals surface area contributed by atoms with E-state index in [1.165, 1.54) is 17.9 Å². The van der Waals surface area contributed by atoms with Crippen LogP contribution >= 0.6 is 9.03 Å². The van der Waals surface area contributed by atoms with Crippen LogP contribution in [-0.2, 0) is 18.7 Å². The molecule has 0 bridgehead atoms. The van der Waals surface area contributed by atoms with Crippen LogP contribution in [0.3, 0.4) is 0 Å². The molecule has 0 saturated carbocycles. The molecule has 0 spiro atoms. The zero-order valence-electron chi connectivity index (χ0n) is 13.3. The maximum absolute atomic E-state index is 12.1. The highest BCUT2D eigenvalue weighted by Gasteiger charge is 2.47. The Labute approximate surface area is 139 Å². The SMILES string of the molecule is COCCOC1C(OPO)[C@@H](CO)O[C@H]1n1cc(C)c(=O)[nH]c1=O. The molecule has 2 heterocycles. The summed E-state index contributed by atoms with van der Waals surface area (Å²) >= 11 is 0. The maximum Gasteiger partial charge on any atom is 0.330 e. The van der Waals surface area contributed by atoms with Crippen molar-refractivity contribution in [2.75, 3.05) is 26.9 Å². The molecular weight excluding hydrogens is 343 g/mol. The van der Waals surface area contributed by atoms with Crippen molar-refractivity contribution in [1.82, 2.24) is 9.55 Å². The van der Waals surface area contributed by atoms with Crippen LogP contribution in [0, 0.1) is 6.92 Å². The second-order valence-corrected chi connectivity index (χ2v) is 5.65. The average molecular weight is 364 g/mol. The van der Waals surface area contributed by atoms with E-state index in [0.29, 0.717) is 12.2 Å². The zero-order chi connectivity index (χ0) is 17.7. The molecule has 0 aliphatic carbocycles. The van der Waals surface area contributed by atoms with Crippen LogP contribution in [0.1, 0.15) is 11.8 Å². The smallest absolute Gasteiger partial charge is 0.330 e. The Balaban J connectivity index is 2.35. The van der Waals surface area contributed by atoms with Gasteiger partial charge in [-0.05, 0) is 6.92 Å². The fraction of sp³-hybridized carbons (Fsp3) is 0.692. The Kier molecular flexibility index (Phi) is 7.05. The number of aromatic nitrogens is 2. The third kappa shape index (κ3) is 4.09. The second kappa shape index (κ2) is 8.82. The fourth-order valence-electron chi connectivity index (χ4n) is 2.50. The lowest BCUT2D eigenvalue weighted by molar-refractivity contribution is -0.0809. The van der Waals surface area contributed by atoms with E-state index in [2.05, 4.69) is 4.98 Å². The number of nitrogens with one attached hydrogen (secondary N) is 1. The number of aliphatic hydroxyl groups is 1. The van der Waals surface area contributed by atoms with E-state index in [1.807, 2.05) is 0 Å². The van der Waals surface area contributed by atoms with Crippen LogP contribution in [0.15, 0.2) is 15.8 Å². The van der Waals surface area contributed by atoms with Crippen molar-refractivity contribution in [3.05, 3.63) is 32.6 Å². The van der Waals surface area contributed by atoms with E-state index < -0.39 is 44.8 Å². The number of aromatic amines is 1. The van der Waals surface area contributed by atoms with Gasteiger partial charge in [-0.15, -0.1) is 0 Å². The van der Waals surface area contributed by atoms with Gasteiger partial charge in [0.1, 0.15) is 18.3 Å². The van der Waals surface area contributed by atoms with Crippen molar-refractivity contribution in [1.29, 1.82) is 0 Å². The molecule has 5 atom stereocenters. The summed E-state index contributed by atoms with van der Waals surface area (Å²) in [5, 5.41) is 9.48. The molecule has 0 aromatic carbocycles. The van der Waals surface area contributed by atoms with E-state index in [0.717, 1.165) is 0 Å². The first-order valence-electron chi connectivity index (χ1n) is 7.27. The van der Waals surface area contributed by atoms with Crippen molar-refractivity contribution >= 4 is 9.03 Å². The minimum Gasteiger partial charge on any atom is -0.394 e. The highest BCUT2D eigenvalue weighted by molar-refractivity contribution is 7.25. The maximum atomic E-state index is 12.1. The van der Waals surface area contributed by atoms with E-state index in [-0.39, 0.29) is 13.2 Å². The second-order valence-electron chi connectivity index (χ2n) is 5.23. The number of aliphatic hydroxyl groups excluding tert-OH is 1. The van der Waals surface area contributed by atoms with Crippen molar-refractivity contribution < 1.29 is 28.7 Å². The zero-order valence-corrected chi connectivity index (χ0v) is 14.3. The lowest BCUT2D eigenvalue weighted by Crippen LogP contribution is -2.40. The fourth-order valence-corrected chi connectivity index (χ4v) is 2.91. The van der Waals surface area contributed by atoms with Crippen LogP contribution in [0.4, 0.5) is 0 Å². The van der Waals surface area contributed by atoms with Gasteiger partial charge in [0.05, 0.1) is 19.8 Å². The van der Waals surface area contributed by atoms with Crippen molar-refractivity contribution in [3.63, 3.8) is 0 Å². The summed E-state index contributed by atoms with van der Waals surface area (Å²) in [5.74, 6) is 0. The number of rotatable bonds is 8. The first kappa shape index (κ1) is 19.2. The molecule has 1 aromatic heterocycles. The van der Waals surface area contributed by atoms with Crippen molar-refractivity contribution in [3.8, 4) is 0 Å². The van der Waals surface area contributed by atoms with Crippen molar-refractivity contribution in [2.24, 2.45) is 0 Å². The number of methoxy groups -OCH3 is 1. The third-order valence-corrected chi connectivity index (χ3v) is 4.05. The first-order chi connectivity index (χ1) is 11.5. The van der Waals surface area contributed by atoms with Gasteiger partial charge in [-0.3, -0.25) is 14.3 Å². The van der Waals surface area contributed by atoms with Crippen LogP contribution in [-0.4, -0.2) is 64.8 Å². The van der Waals surface area contributed by atoms with Gasteiger partial charge < -0.3 is 28.7 Å². The largest absolute Gasteiger partial charge is 0.394 e.